The first-order valence-electron chi connectivity index (χ1n) is 9.30. The Morgan fingerprint density at radius 2 is 2.15 bits per heavy atom. The number of aromatic nitrogens is 1. The highest BCUT2D eigenvalue weighted by molar-refractivity contribution is 7.22. The molecular formula is C19H24ClN3O2S. The van der Waals surface area contributed by atoms with Crippen molar-refractivity contribution in [2.45, 2.75) is 26.2 Å². The minimum atomic E-state index is 0.163. The molecule has 0 radical (unpaired) electrons. The molecule has 1 amide bonds. The van der Waals surface area contributed by atoms with Crippen LogP contribution in [0.5, 0.6) is 0 Å². The monoisotopic (exact) mass is 393 g/mol. The van der Waals surface area contributed by atoms with Crippen LogP contribution in [-0.4, -0.2) is 55.2 Å². The molecule has 1 saturated carbocycles. The third-order valence-corrected chi connectivity index (χ3v) is 6.58. The van der Waals surface area contributed by atoms with Gasteiger partial charge in [0, 0.05) is 37.1 Å². The summed E-state index contributed by atoms with van der Waals surface area (Å²) in [6.45, 7) is 6.97. The van der Waals surface area contributed by atoms with Gasteiger partial charge in [-0.25, -0.2) is 4.98 Å². The normalized spacial score (nSPS) is 18.8. The van der Waals surface area contributed by atoms with Crippen LogP contribution >= 0.6 is 22.9 Å². The van der Waals surface area contributed by atoms with Gasteiger partial charge in [0.05, 0.1) is 23.4 Å². The van der Waals surface area contributed by atoms with Gasteiger partial charge in [-0.05, 0) is 37.5 Å². The van der Waals surface area contributed by atoms with Crippen LogP contribution < -0.4 is 4.90 Å². The van der Waals surface area contributed by atoms with Crippen LogP contribution in [-0.2, 0) is 9.53 Å². The molecule has 1 aliphatic carbocycles. The number of carbonyl (C=O) groups excluding carboxylic acids is 1. The fourth-order valence-corrected chi connectivity index (χ4v) is 4.95. The Kier molecular flexibility index (Phi) is 5.45. The molecule has 1 aromatic heterocycles. The minimum absolute atomic E-state index is 0.163. The van der Waals surface area contributed by atoms with Crippen LogP contribution in [0.25, 0.3) is 10.2 Å². The molecule has 1 saturated heterocycles. The highest BCUT2D eigenvalue weighted by atomic mass is 35.5. The Hall–Kier alpha value is -1.21. The minimum Gasteiger partial charge on any atom is -0.379 e. The van der Waals surface area contributed by atoms with Crippen LogP contribution in [0, 0.1) is 12.8 Å². The number of ether oxygens (including phenoxy) is 1. The Balaban J connectivity index is 1.59. The zero-order valence-electron chi connectivity index (χ0n) is 15.0. The zero-order valence-corrected chi connectivity index (χ0v) is 16.6. The number of amides is 1. The lowest BCUT2D eigenvalue weighted by Gasteiger charge is -2.33. The van der Waals surface area contributed by atoms with Gasteiger partial charge in [0.25, 0.3) is 0 Å². The first-order valence-corrected chi connectivity index (χ1v) is 10.5. The average Bonchev–Trinajstić information content (AvgIpc) is 2.98. The van der Waals surface area contributed by atoms with E-state index in [9.17, 15) is 4.79 Å². The fourth-order valence-electron chi connectivity index (χ4n) is 3.50. The number of halogens is 1. The topological polar surface area (TPSA) is 45.7 Å². The number of nitrogens with zero attached hydrogens (tertiary/aromatic N) is 3. The number of carbonyl (C=O) groups is 1. The molecule has 2 aliphatic rings. The van der Waals surface area contributed by atoms with Crippen molar-refractivity contribution in [1.29, 1.82) is 0 Å². The van der Waals surface area contributed by atoms with E-state index in [1.54, 1.807) is 11.3 Å². The summed E-state index contributed by atoms with van der Waals surface area (Å²) in [6.07, 6.45) is 3.16. The Bertz CT molecular complexity index is 799. The van der Waals surface area contributed by atoms with Crippen LogP contribution in [0.1, 0.15) is 24.8 Å². The average molecular weight is 394 g/mol. The van der Waals surface area contributed by atoms with E-state index in [0.29, 0.717) is 6.54 Å². The Labute approximate surface area is 162 Å². The van der Waals surface area contributed by atoms with E-state index >= 15 is 0 Å². The molecule has 2 heterocycles. The number of benzene rings is 1. The molecule has 140 valence electrons. The summed E-state index contributed by atoms with van der Waals surface area (Å²) in [6, 6.07) is 3.87. The summed E-state index contributed by atoms with van der Waals surface area (Å²) < 4.78 is 6.47. The molecule has 2 aromatic rings. The van der Waals surface area contributed by atoms with Crippen molar-refractivity contribution in [3.8, 4) is 0 Å². The molecule has 2 fully saturated rings. The number of rotatable bonds is 5. The van der Waals surface area contributed by atoms with Crippen molar-refractivity contribution in [1.82, 2.24) is 9.88 Å². The summed E-state index contributed by atoms with van der Waals surface area (Å²) >= 11 is 7.77. The second-order valence-electron chi connectivity index (χ2n) is 7.14. The van der Waals surface area contributed by atoms with E-state index < -0.39 is 0 Å². The Morgan fingerprint density at radius 3 is 2.85 bits per heavy atom. The highest BCUT2D eigenvalue weighted by Crippen LogP contribution is 2.36. The standard InChI is InChI=1S/C19H24ClN3O2S/c1-13-11-15(20)12-16-17(13)21-19(26-16)23(18(24)14-3-2-4-14)6-5-22-7-9-25-10-8-22/h11-12,14H,2-10H2,1H3. The second kappa shape index (κ2) is 7.80. The molecule has 1 aromatic carbocycles. The highest BCUT2D eigenvalue weighted by Gasteiger charge is 2.32. The zero-order chi connectivity index (χ0) is 18.1. The van der Waals surface area contributed by atoms with E-state index in [-0.39, 0.29) is 11.8 Å². The first kappa shape index (κ1) is 18.2. The smallest absolute Gasteiger partial charge is 0.231 e. The maximum Gasteiger partial charge on any atom is 0.231 e. The van der Waals surface area contributed by atoms with Crippen molar-refractivity contribution in [3.05, 3.63) is 22.7 Å². The molecular weight excluding hydrogens is 370 g/mol. The number of morpholine rings is 1. The van der Waals surface area contributed by atoms with Crippen LogP contribution in [0.4, 0.5) is 5.13 Å². The van der Waals surface area contributed by atoms with Crippen molar-refractivity contribution >= 4 is 44.2 Å². The number of hydrogen-bond acceptors (Lipinski definition) is 5. The van der Waals surface area contributed by atoms with Crippen molar-refractivity contribution in [3.63, 3.8) is 0 Å². The molecule has 7 heteroatoms. The van der Waals surface area contributed by atoms with Gasteiger partial charge in [-0.3, -0.25) is 14.6 Å². The van der Waals surface area contributed by atoms with E-state index in [0.717, 1.165) is 78.0 Å². The molecule has 0 N–H and O–H groups in total. The number of anilines is 1. The summed E-state index contributed by atoms with van der Waals surface area (Å²) in [5.41, 5.74) is 2.01. The third-order valence-electron chi connectivity index (χ3n) is 5.33. The van der Waals surface area contributed by atoms with Crippen LogP contribution in [0.2, 0.25) is 5.02 Å². The summed E-state index contributed by atoms with van der Waals surface area (Å²) in [7, 11) is 0. The largest absolute Gasteiger partial charge is 0.379 e. The fraction of sp³-hybridized carbons (Fsp3) is 0.579. The van der Waals surface area contributed by atoms with Gasteiger partial charge in [-0.15, -0.1) is 0 Å². The van der Waals surface area contributed by atoms with Gasteiger partial charge in [-0.1, -0.05) is 29.4 Å². The maximum absolute atomic E-state index is 13.1. The van der Waals surface area contributed by atoms with Gasteiger partial charge in [-0.2, -0.15) is 0 Å². The van der Waals surface area contributed by atoms with Crippen LogP contribution in [0.15, 0.2) is 12.1 Å². The van der Waals surface area contributed by atoms with Gasteiger partial charge in [0.15, 0.2) is 5.13 Å². The predicted molar refractivity (Wildman–Crippen MR) is 106 cm³/mol. The van der Waals surface area contributed by atoms with Gasteiger partial charge < -0.3 is 4.74 Å². The molecule has 1 aliphatic heterocycles. The van der Waals surface area contributed by atoms with Crippen LogP contribution in [0.3, 0.4) is 0 Å². The predicted octanol–water partition coefficient (Wildman–Crippen LogP) is 3.72. The third kappa shape index (κ3) is 3.74. The van der Waals surface area contributed by atoms with Crippen molar-refractivity contribution in [2.24, 2.45) is 5.92 Å². The number of hydrogen-bond donors (Lipinski definition) is 0. The lowest BCUT2D eigenvalue weighted by atomic mass is 9.84. The second-order valence-corrected chi connectivity index (χ2v) is 8.58. The SMILES string of the molecule is Cc1cc(Cl)cc2sc(N(CCN3CCOCC3)C(=O)C3CCC3)nc12. The van der Waals surface area contributed by atoms with E-state index in [1.807, 2.05) is 24.0 Å². The molecule has 0 unspecified atom stereocenters. The summed E-state index contributed by atoms with van der Waals surface area (Å²) in [4.78, 5) is 22.1. The lowest BCUT2D eigenvalue weighted by Crippen LogP contribution is -2.45. The first-order chi connectivity index (χ1) is 12.6. The Morgan fingerprint density at radius 1 is 1.38 bits per heavy atom. The quantitative estimate of drug-likeness (QED) is 0.776. The van der Waals surface area contributed by atoms with E-state index in [1.165, 1.54) is 0 Å². The van der Waals surface area contributed by atoms with E-state index in [2.05, 4.69) is 4.90 Å². The van der Waals surface area contributed by atoms with E-state index in [4.69, 9.17) is 21.3 Å². The molecule has 0 bridgehead atoms. The van der Waals surface area contributed by atoms with Gasteiger partial charge in [0.1, 0.15) is 0 Å². The number of fused-ring (bicyclic) bond motifs is 1. The molecule has 5 nitrogen and oxygen atoms in total. The van der Waals surface area contributed by atoms with Gasteiger partial charge in [0.2, 0.25) is 5.91 Å². The molecule has 0 atom stereocenters. The van der Waals surface area contributed by atoms with Crippen molar-refractivity contribution in [2.75, 3.05) is 44.3 Å². The molecule has 4 rings (SSSR count). The molecule has 26 heavy (non-hydrogen) atoms. The van der Waals surface area contributed by atoms with Crippen molar-refractivity contribution < 1.29 is 9.53 Å². The maximum atomic E-state index is 13.1. The summed E-state index contributed by atoms with van der Waals surface area (Å²) in [5.74, 6) is 0.392. The number of thiazole rings is 1. The summed E-state index contributed by atoms with van der Waals surface area (Å²) in [5, 5.41) is 1.52. The number of aryl methyl sites for hydroxylation is 1. The van der Waals surface area contributed by atoms with Gasteiger partial charge >= 0.3 is 0 Å². The lowest BCUT2D eigenvalue weighted by molar-refractivity contribution is -0.124. The molecule has 0 spiro atoms.